The summed E-state index contributed by atoms with van der Waals surface area (Å²) in [6.07, 6.45) is 6.60. The molecule has 31 heavy (non-hydrogen) atoms. The lowest BCUT2D eigenvalue weighted by Crippen LogP contribution is -2.42. The van der Waals surface area contributed by atoms with E-state index in [1.807, 2.05) is 43.3 Å². The van der Waals surface area contributed by atoms with E-state index in [0.717, 1.165) is 49.7 Å². The Bertz CT molecular complexity index is 817. The van der Waals surface area contributed by atoms with Gasteiger partial charge in [-0.2, -0.15) is 0 Å². The number of carboxylic acid groups (broad SMARTS) is 1. The van der Waals surface area contributed by atoms with Gasteiger partial charge in [-0.05, 0) is 38.4 Å². The Morgan fingerprint density at radius 3 is 2.39 bits per heavy atom. The van der Waals surface area contributed by atoms with Crippen molar-refractivity contribution in [3.63, 3.8) is 0 Å². The second-order valence-corrected chi connectivity index (χ2v) is 8.32. The van der Waals surface area contributed by atoms with E-state index in [1.165, 1.54) is 5.39 Å². The molecule has 2 aromatic carbocycles. The summed E-state index contributed by atoms with van der Waals surface area (Å²) in [4.78, 5) is 24.9. The molecule has 2 N–H and O–H groups in total. The van der Waals surface area contributed by atoms with E-state index in [2.05, 4.69) is 23.5 Å². The number of ether oxygens (including phenoxy) is 1. The van der Waals surface area contributed by atoms with E-state index in [9.17, 15) is 9.59 Å². The van der Waals surface area contributed by atoms with Crippen molar-refractivity contribution in [1.29, 1.82) is 0 Å². The third kappa shape index (κ3) is 9.83. The number of likely N-dealkylation sites (N-methyl/N-ethyl adjacent to an activating group) is 1. The Morgan fingerprint density at radius 1 is 0.968 bits per heavy atom. The molecule has 0 heterocycles. The number of fused-ring (bicyclic) bond motifs is 1. The second kappa shape index (κ2) is 13.7. The molecule has 1 atom stereocenters. The van der Waals surface area contributed by atoms with E-state index in [4.69, 9.17) is 9.84 Å². The first-order chi connectivity index (χ1) is 15.0. The van der Waals surface area contributed by atoms with Crippen molar-refractivity contribution < 1.29 is 19.4 Å². The fourth-order valence-corrected chi connectivity index (χ4v) is 3.71. The first-order valence-corrected chi connectivity index (χ1v) is 11.2. The molecule has 0 aliphatic rings. The van der Waals surface area contributed by atoms with E-state index < -0.39 is 5.97 Å². The van der Waals surface area contributed by atoms with Gasteiger partial charge in [0.1, 0.15) is 5.75 Å². The van der Waals surface area contributed by atoms with Gasteiger partial charge in [0.15, 0.2) is 0 Å². The highest BCUT2D eigenvalue weighted by molar-refractivity contribution is 5.88. The Labute approximate surface area is 185 Å². The standard InChI is InChI=1S/C25H36N2O4/c1-27(2)19-21(18-25(29)30)26-24(28)16-7-5-3-4-6-10-17-31-23-15-11-13-20-12-8-9-14-22(20)23/h8-9,11-15,21H,3-7,10,16-19H2,1-2H3,(H,26,28)(H,29,30)/t21-/m1/s1. The van der Waals surface area contributed by atoms with Crippen LogP contribution in [0.1, 0.15) is 51.4 Å². The van der Waals surface area contributed by atoms with Crippen molar-refractivity contribution in [3.8, 4) is 5.75 Å². The fraction of sp³-hybridized carbons (Fsp3) is 0.520. The van der Waals surface area contributed by atoms with Gasteiger partial charge in [0, 0.05) is 18.4 Å². The number of carboxylic acids is 1. The number of aliphatic carboxylic acids is 1. The summed E-state index contributed by atoms with van der Waals surface area (Å²) in [5.41, 5.74) is 0. The average molecular weight is 429 g/mol. The molecule has 0 aliphatic heterocycles. The maximum Gasteiger partial charge on any atom is 0.305 e. The van der Waals surface area contributed by atoms with Gasteiger partial charge in [-0.25, -0.2) is 0 Å². The van der Waals surface area contributed by atoms with E-state index in [-0.39, 0.29) is 18.4 Å². The number of nitrogens with one attached hydrogen (secondary N) is 1. The van der Waals surface area contributed by atoms with Gasteiger partial charge in [-0.1, -0.05) is 62.1 Å². The van der Waals surface area contributed by atoms with Gasteiger partial charge in [0.05, 0.1) is 19.1 Å². The second-order valence-electron chi connectivity index (χ2n) is 8.32. The zero-order valence-corrected chi connectivity index (χ0v) is 18.8. The van der Waals surface area contributed by atoms with Gasteiger partial charge in [0.25, 0.3) is 0 Å². The smallest absolute Gasteiger partial charge is 0.305 e. The largest absolute Gasteiger partial charge is 0.493 e. The van der Waals surface area contributed by atoms with E-state index >= 15 is 0 Å². The Balaban J connectivity index is 1.53. The summed E-state index contributed by atoms with van der Waals surface area (Å²) in [7, 11) is 3.74. The van der Waals surface area contributed by atoms with Crippen molar-refractivity contribution >= 4 is 22.6 Å². The summed E-state index contributed by atoms with van der Waals surface area (Å²) in [5.74, 6) is -0.00671. The Morgan fingerprint density at radius 2 is 1.65 bits per heavy atom. The molecule has 0 bridgehead atoms. The van der Waals surface area contributed by atoms with Crippen molar-refractivity contribution in [2.45, 2.75) is 57.4 Å². The fourth-order valence-electron chi connectivity index (χ4n) is 3.71. The maximum atomic E-state index is 12.1. The lowest BCUT2D eigenvalue weighted by molar-refractivity contribution is -0.137. The topological polar surface area (TPSA) is 78.9 Å². The van der Waals surface area contributed by atoms with Crippen molar-refractivity contribution in [1.82, 2.24) is 10.2 Å². The minimum atomic E-state index is -0.892. The molecule has 2 aromatic rings. The van der Waals surface area contributed by atoms with Crippen LogP contribution in [0.15, 0.2) is 42.5 Å². The van der Waals surface area contributed by atoms with Crippen LogP contribution in [0, 0.1) is 0 Å². The minimum absolute atomic E-state index is 0.0508. The number of carbonyl (C=O) groups excluding carboxylic acids is 1. The lowest BCUT2D eigenvalue weighted by Gasteiger charge is -2.20. The zero-order valence-electron chi connectivity index (χ0n) is 18.8. The number of hydrogen-bond acceptors (Lipinski definition) is 4. The van der Waals surface area contributed by atoms with Crippen LogP contribution in [0.2, 0.25) is 0 Å². The quantitative estimate of drug-likeness (QED) is 0.409. The summed E-state index contributed by atoms with van der Waals surface area (Å²) in [5, 5.41) is 14.2. The average Bonchev–Trinajstić information content (AvgIpc) is 2.71. The van der Waals surface area contributed by atoms with E-state index in [1.54, 1.807) is 0 Å². The van der Waals surface area contributed by atoms with Gasteiger partial charge in [-0.15, -0.1) is 0 Å². The van der Waals surface area contributed by atoms with Gasteiger partial charge in [0.2, 0.25) is 5.91 Å². The van der Waals surface area contributed by atoms with Crippen LogP contribution in [0.5, 0.6) is 5.75 Å². The predicted octanol–water partition coefficient (Wildman–Crippen LogP) is 4.47. The third-order valence-corrected chi connectivity index (χ3v) is 5.18. The van der Waals surface area contributed by atoms with Gasteiger partial charge in [-0.3, -0.25) is 9.59 Å². The van der Waals surface area contributed by atoms with Gasteiger partial charge < -0.3 is 20.1 Å². The maximum absolute atomic E-state index is 12.1. The highest BCUT2D eigenvalue weighted by atomic mass is 16.5. The first kappa shape index (κ1) is 24.7. The van der Waals surface area contributed by atoms with Crippen molar-refractivity contribution in [2.75, 3.05) is 27.2 Å². The molecular weight excluding hydrogens is 392 g/mol. The number of unbranched alkanes of at least 4 members (excludes halogenated alkanes) is 5. The predicted molar refractivity (Wildman–Crippen MR) is 124 cm³/mol. The van der Waals surface area contributed by atoms with Crippen LogP contribution in [0.4, 0.5) is 0 Å². The molecule has 0 saturated heterocycles. The molecule has 2 rings (SSSR count). The first-order valence-electron chi connectivity index (χ1n) is 11.2. The highest BCUT2D eigenvalue weighted by Gasteiger charge is 2.16. The molecule has 0 saturated carbocycles. The number of rotatable bonds is 15. The third-order valence-electron chi connectivity index (χ3n) is 5.18. The molecule has 0 fully saturated rings. The molecule has 0 spiro atoms. The number of amides is 1. The molecule has 6 heteroatoms. The van der Waals surface area contributed by atoms with Crippen LogP contribution >= 0.6 is 0 Å². The van der Waals surface area contributed by atoms with Crippen LogP contribution < -0.4 is 10.1 Å². The molecule has 0 aliphatic carbocycles. The summed E-state index contributed by atoms with van der Waals surface area (Å²) in [6, 6.07) is 14.0. The minimum Gasteiger partial charge on any atom is -0.493 e. The SMILES string of the molecule is CN(C)C[C@@H](CC(=O)O)NC(=O)CCCCCCCCOc1cccc2ccccc12. The number of benzene rings is 2. The molecule has 0 aromatic heterocycles. The molecule has 6 nitrogen and oxygen atoms in total. The Hall–Kier alpha value is -2.60. The van der Waals surface area contributed by atoms with Crippen LogP contribution in [0.25, 0.3) is 10.8 Å². The molecule has 0 radical (unpaired) electrons. The lowest BCUT2D eigenvalue weighted by atomic mass is 10.1. The molecule has 170 valence electrons. The van der Waals surface area contributed by atoms with Crippen molar-refractivity contribution in [2.24, 2.45) is 0 Å². The number of hydrogen-bond donors (Lipinski definition) is 2. The monoisotopic (exact) mass is 428 g/mol. The number of nitrogens with zero attached hydrogens (tertiary/aromatic N) is 1. The Kier molecular flexibility index (Phi) is 10.9. The molecule has 0 unspecified atom stereocenters. The normalized spacial score (nSPS) is 12.1. The van der Waals surface area contributed by atoms with Crippen LogP contribution in [-0.2, 0) is 9.59 Å². The van der Waals surface area contributed by atoms with Crippen molar-refractivity contribution in [3.05, 3.63) is 42.5 Å². The summed E-state index contributed by atoms with van der Waals surface area (Å²) < 4.78 is 5.97. The van der Waals surface area contributed by atoms with E-state index in [0.29, 0.717) is 19.6 Å². The number of carbonyl (C=O) groups is 2. The summed E-state index contributed by atoms with van der Waals surface area (Å²) in [6.45, 7) is 1.24. The zero-order chi connectivity index (χ0) is 22.5. The molecular formula is C25H36N2O4. The highest BCUT2D eigenvalue weighted by Crippen LogP contribution is 2.25. The molecule has 1 amide bonds. The summed E-state index contributed by atoms with van der Waals surface area (Å²) >= 11 is 0. The van der Waals surface area contributed by atoms with Crippen LogP contribution in [0.3, 0.4) is 0 Å². The van der Waals surface area contributed by atoms with Crippen LogP contribution in [-0.4, -0.2) is 55.2 Å². The van der Waals surface area contributed by atoms with Gasteiger partial charge >= 0.3 is 5.97 Å².